The number of hydrogen-bond donors (Lipinski definition) is 0. The third-order valence-electron chi connectivity index (χ3n) is 3.08. The van der Waals surface area contributed by atoms with E-state index in [-0.39, 0.29) is 5.78 Å². The number of furan rings is 1. The van der Waals surface area contributed by atoms with Gasteiger partial charge in [0.15, 0.2) is 5.76 Å². The summed E-state index contributed by atoms with van der Waals surface area (Å²) < 4.78 is 5.58. The van der Waals surface area contributed by atoms with E-state index in [1.165, 1.54) is 0 Å². The van der Waals surface area contributed by atoms with Crippen LogP contribution in [-0.4, -0.2) is 10.8 Å². The minimum Gasteiger partial charge on any atom is -0.453 e. The molecule has 0 amide bonds. The highest BCUT2D eigenvalue weighted by atomic mass is 16.3. The van der Waals surface area contributed by atoms with Gasteiger partial charge in [0.05, 0.1) is 0 Å². The van der Waals surface area contributed by atoms with Crippen LogP contribution in [0.3, 0.4) is 0 Å². The van der Waals surface area contributed by atoms with Gasteiger partial charge in [0.2, 0.25) is 5.78 Å². The van der Waals surface area contributed by atoms with Crippen LogP contribution in [0.5, 0.6) is 0 Å². The van der Waals surface area contributed by atoms with Crippen LogP contribution in [-0.2, 0) is 0 Å². The number of pyridine rings is 1. The van der Waals surface area contributed by atoms with Crippen LogP contribution in [0.4, 0.5) is 0 Å². The van der Waals surface area contributed by atoms with Gasteiger partial charge in [-0.15, -0.1) is 0 Å². The molecule has 0 aliphatic rings. The molecule has 2 aromatic heterocycles. The van der Waals surface area contributed by atoms with Gasteiger partial charge in [0, 0.05) is 11.6 Å². The quantitative estimate of drug-likeness (QED) is 0.652. The van der Waals surface area contributed by atoms with Crippen molar-refractivity contribution in [2.75, 3.05) is 0 Å². The molecule has 94 valence electrons. The molecule has 0 unspecified atom stereocenters. The van der Waals surface area contributed by atoms with Crippen molar-refractivity contribution in [1.29, 1.82) is 0 Å². The SMILES string of the molecule is Cc1cnc(C(=O)c2cc3ccccc3o2)c(C)c1. The van der Waals surface area contributed by atoms with Gasteiger partial charge in [0.25, 0.3) is 0 Å². The Balaban J connectivity index is 2.08. The maximum atomic E-state index is 12.4. The van der Waals surface area contributed by atoms with Crippen LogP contribution < -0.4 is 0 Å². The summed E-state index contributed by atoms with van der Waals surface area (Å²) in [6.45, 7) is 3.84. The Morgan fingerprint density at radius 3 is 2.68 bits per heavy atom. The van der Waals surface area contributed by atoms with E-state index < -0.39 is 0 Å². The standard InChI is InChI=1S/C16H13NO2/c1-10-7-11(2)15(17-9-10)16(18)14-8-12-5-3-4-6-13(12)19-14/h3-9H,1-2H3. The molecule has 0 bridgehead atoms. The number of fused-ring (bicyclic) bond motifs is 1. The van der Waals surface area contributed by atoms with Crippen LogP contribution in [0, 0.1) is 13.8 Å². The zero-order valence-electron chi connectivity index (χ0n) is 10.8. The van der Waals surface area contributed by atoms with E-state index in [4.69, 9.17) is 4.42 Å². The van der Waals surface area contributed by atoms with Crippen molar-refractivity contribution in [3.8, 4) is 0 Å². The first-order chi connectivity index (χ1) is 9.15. The molecule has 0 spiro atoms. The van der Waals surface area contributed by atoms with Gasteiger partial charge in [-0.05, 0) is 37.1 Å². The molecule has 0 aliphatic carbocycles. The molecule has 3 nitrogen and oxygen atoms in total. The van der Waals surface area contributed by atoms with E-state index in [0.29, 0.717) is 11.5 Å². The van der Waals surface area contributed by atoms with Crippen LogP contribution in [0.1, 0.15) is 27.4 Å². The normalized spacial score (nSPS) is 10.8. The second-order valence-corrected chi connectivity index (χ2v) is 4.66. The Morgan fingerprint density at radius 1 is 1.16 bits per heavy atom. The minimum atomic E-state index is -0.172. The Hall–Kier alpha value is -2.42. The van der Waals surface area contributed by atoms with E-state index in [1.54, 1.807) is 12.3 Å². The number of para-hydroxylation sites is 1. The van der Waals surface area contributed by atoms with Crippen molar-refractivity contribution in [2.45, 2.75) is 13.8 Å². The Bertz CT molecular complexity index is 738. The van der Waals surface area contributed by atoms with E-state index in [9.17, 15) is 4.79 Å². The van der Waals surface area contributed by atoms with Crippen LogP contribution in [0.15, 0.2) is 47.0 Å². The average Bonchev–Trinajstić information content (AvgIpc) is 2.81. The number of benzene rings is 1. The highest BCUT2D eigenvalue weighted by molar-refractivity contribution is 6.08. The second-order valence-electron chi connectivity index (χ2n) is 4.66. The summed E-state index contributed by atoms with van der Waals surface area (Å²) in [7, 11) is 0. The van der Waals surface area contributed by atoms with E-state index in [1.807, 2.05) is 44.2 Å². The van der Waals surface area contributed by atoms with Gasteiger partial charge < -0.3 is 4.42 Å². The van der Waals surface area contributed by atoms with Crippen molar-refractivity contribution in [3.63, 3.8) is 0 Å². The highest BCUT2D eigenvalue weighted by Gasteiger charge is 2.17. The van der Waals surface area contributed by atoms with Gasteiger partial charge in [-0.2, -0.15) is 0 Å². The van der Waals surface area contributed by atoms with Crippen molar-refractivity contribution in [2.24, 2.45) is 0 Å². The summed E-state index contributed by atoms with van der Waals surface area (Å²) in [5.41, 5.74) is 3.07. The number of ketones is 1. The molecule has 3 aromatic rings. The van der Waals surface area contributed by atoms with Crippen LogP contribution in [0.25, 0.3) is 11.0 Å². The molecule has 0 saturated carbocycles. The lowest BCUT2D eigenvalue weighted by molar-refractivity contribution is 0.101. The van der Waals surface area contributed by atoms with Crippen LogP contribution >= 0.6 is 0 Å². The Morgan fingerprint density at radius 2 is 1.95 bits per heavy atom. The molecule has 0 N–H and O–H groups in total. The maximum absolute atomic E-state index is 12.4. The molecule has 0 saturated heterocycles. The van der Waals surface area contributed by atoms with Gasteiger partial charge in [-0.3, -0.25) is 9.78 Å². The number of hydrogen-bond acceptors (Lipinski definition) is 3. The van der Waals surface area contributed by atoms with E-state index in [2.05, 4.69) is 4.98 Å². The fraction of sp³-hybridized carbons (Fsp3) is 0.125. The molecule has 3 rings (SSSR count). The summed E-state index contributed by atoms with van der Waals surface area (Å²) in [5.74, 6) is 0.161. The highest BCUT2D eigenvalue weighted by Crippen LogP contribution is 2.21. The third-order valence-corrected chi connectivity index (χ3v) is 3.08. The molecule has 19 heavy (non-hydrogen) atoms. The van der Waals surface area contributed by atoms with Crippen molar-refractivity contribution in [1.82, 2.24) is 4.98 Å². The first kappa shape index (κ1) is 11.7. The summed E-state index contributed by atoms with van der Waals surface area (Å²) in [5, 5.41) is 0.926. The van der Waals surface area contributed by atoms with Crippen molar-refractivity contribution in [3.05, 3.63) is 65.2 Å². The van der Waals surface area contributed by atoms with Gasteiger partial charge >= 0.3 is 0 Å². The molecular formula is C16H13NO2. The smallest absolute Gasteiger partial charge is 0.246 e. The zero-order valence-corrected chi connectivity index (χ0v) is 10.8. The molecule has 1 aromatic carbocycles. The number of nitrogens with zero attached hydrogens (tertiary/aromatic N) is 1. The van der Waals surface area contributed by atoms with E-state index >= 15 is 0 Å². The first-order valence-electron chi connectivity index (χ1n) is 6.11. The number of carbonyl (C=O) groups excluding carboxylic acids is 1. The number of carbonyl (C=O) groups is 1. The number of aromatic nitrogens is 1. The first-order valence-corrected chi connectivity index (χ1v) is 6.11. The largest absolute Gasteiger partial charge is 0.453 e. The summed E-state index contributed by atoms with van der Waals surface area (Å²) in [6.07, 6.45) is 1.70. The lowest BCUT2D eigenvalue weighted by atomic mass is 10.1. The van der Waals surface area contributed by atoms with Crippen LogP contribution in [0.2, 0.25) is 0 Å². The molecule has 0 aliphatic heterocycles. The second kappa shape index (κ2) is 4.35. The fourth-order valence-electron chi connectivity index (χ4n) is 2.16. The monoisotopic (exact) mass is 251 g/mol. The average molecular weight is 251 g/mol. The summed E-state index contributed by atoms with van der Waals surface area (Å²) >= 11 is 0. The Labute approximate surface area is 110 Å². The zero-order chi connectivity index (χ0) is 13.4. The van der Waals surface area contributed by atoms with Crippen molar-refractivity contribution < 1.29 is 9.21 Å². The molecule has 0 atom stereocenters. The lowest BCUT2D eigenvalue weighted by Crippen LogP contribution is -2.05. The van der Waals surface area contributed by atoms with Crippen molar-refractivity contribution >= 4 is 16.8 Å². The topological polar surface area (TPSA) is 43.1 Å². The summed E-state index contributed by atoms with van der Waals surface area (Å²) in [6, 6.07) is 11.3. The molecule has 0 fully saturated rings. The number of aryl methyl sites for hydroxylation is 2. The van der Waals surface area contributed by atoms with Gasteiger partial charge in [-0.25, -0.2) is 0 Å². The number of rotatable bonds is 2. The molecule has 2 heterocycles. The van der Waals surface area contributed by atoms with Gasteiger partial charge in [0.1, 0.15) is 11.3 Å². The lowest BCUT2D eigenvalue weighted by Gasteiger charge is -2.02. The third kappa shape index (κ3) is 2.03. The summed E-state index contributed by atoms with van der Waals surface area (Å²) in [4.78, 5) is 16.6. The van der Waals surface area contributed by atoms with Gasteiger partial charge in [-0.1, -0.05) is 24.3 Å². The van der Waals surface area contributed by atoms with E-state index in [0.717, 1.165) is 22.1 Å². The molecule has 3 heteroatoms. The predicted octanol–water partition coefficient (Wildman–Crippen LogP) is 3.68. The Kier molecular flexibility index (Phi) is 2.67. The molecular weight excluding hydrogens is 238 g/mol. The fourth-order valence-corrected chi connectivity index (χ4v) is 2.16. The molecule has 0 radical (unpaired) electrons. The predicted molar refractivity (Wildman–Crippen MR) is 73.4 cm³/mol. The minimum absolute atomic E-state index is 0.172. The maximum Gasteiger partial charge on any atom is 0.246 e.